The fourth-order valence-electron chi connectivity index (χ4n) is 3.63. The van der Waals surface area contributed by atoms with E-state index in [0.29, 0.717) is 16.7 Å². The predicted molar refractivity (Wildman–Crippen MR) is 138 cm³/mol. The molecule has 0 aliphatic rings. The van der Waals surface area contributed by atoms with E-state index < -0.39 is 0 Å². The van der Waals surface area contributed by atoms with Crippen molar-refractivity contribution in [3.8, 4) is 28.3 Å². The van der Waals surface area contributed by atoms with Crippen molar-refractivity contribution in [2.75, 3.05) is 12.9 Å². The topological polar surface area (TPSA) is 78.3 Å². The van der Waals surface area contributed by atoms with Crippen LogP contribution < -0.4 is 14.8 Å². The highest BCUT2D eigenvalue weighted by molar-refractivity contribution is 7.99. The Hall–Kier alpha value is -3.78. The van der Waals surface area contributed by atoms with Gasteiger partial charge in [0, 0.05) is 11.6 Å². The fourth-order valence-corrected chi connectivity index (χ4v) is 4.40. The van der Waals surface area contributed by atoms with Gasteiger partial charge in [0.2, 0.25) is 5.91 Å². The van der Waals surface area contributed by atoms with Crippen LogP contribution in [0.25, 0.3) is 16.8 Å². The molecule has 0 aliphatic carbocycles. The second-order valence-corrected chi connectivity index (χ2v) is 9.01. The molecular formula is C27H28N4O3S. The third-order valence-corrected chi connectivity index (χ3v) is 6.07. The molecule has 0 bridgehead atoms. The highest BCUT2D eigenvalue weighted by Crippen LogP contribution is 2.32. The minimum atomic E-state index is -0.0610. The molecule has 0 fully saturated rings. The monoisotopic (exact) mass is 488 g/mol. The van der Waals surface area contributed by atoms with E-state index in [1.807, 2.05) is 85.1 Å². The van der Waals surface area contributed by atoms with E-state index >= 15 is 0 Å². The Kier molecular flexibility index (Phi) is 8.05. The highest BCUT2D eigenvalue weighted by Gasteiger charge is 2.19. The van der Waals surface area contributed by atoms with Crippen molar-refractivity contribution >= 4 is 17.7 Å². The SMILES string of the molecule is COc1ccccc1-n1c(COc2ccccc2-c2ccccc2)nnc1SCC(=O)NC(C)C. The predicted octanol–water partition coefficient (Wildman–Crippen LogP) is 5.14. The maximum Gasteiger partial charge on any atom is 0.230 e. The molecular weight excluding hydrogens is 460 g/mol. The van der Waals surface area contributed by atoms with Gasteiger partial charge < -0.3 is 14.8 Å². The first kappa shape index (κ1) is 24.3. The Morgan fingerprint density at radius 3 is 2.37 bits per heavy atom. The van der Waals surface area contributed by atoms with Crippen LogP contribution >= 0.6 is 11.8 Å². The van der Waals surface area contributed by atoms with E-state index in [0.717, 1.165) is 22.6 Å². The lowest BCUT2D eigenvalue weighted by Crippen LogP contribution is -2.31. The van der Waals surface area contributed by atoms with Gasteiger partial charge in [0.1, 0.15) is 18.1 Å². The number of carbonyl (C=O) groups is 1. The molecule has 0 saturated heterocycles. The molecule has 1 amide bonds. The number of amides is 1. The fraction of sp³-hybridized carbons (Fsp3) is 0.222. The van der Waals surface area contributed by atoms with E-state index in [2.05, 4.69) is 27.6 Å². The Bertz CT molecular complexity index is 1270. The first-order valence-electron chi connectivity index (χ1n) is 11.3. The molecule has 4 rings (SSSR count). The number of nitrogens with zero attached hydrogens (tertiary/aromatic N) is 3. The summed E-state index contributed by atoms with van der Waals surface area (Å²) in [5, 5.41) is 12.3. The first-order chi connectivity index (χ1) is 17.1. The average Bonchev–Trinajstić information content (AvgIpc) is 3.29. The second kappa shape index (κ2) is 11.6. The van der Waals surface area contributed by atoms with Gasteiger partial charge in [-0.15, -0.1) is 10.2 Å². The zero-order chi connectivity index (χ0) is 24.6. The van der Waals surface area contributed by atoms with Gasteiger partial charge in [-0.25, -0.2) is 0 Å². The Balaban J connectivity index is 1.63. The van der Waals surface area contributed by atoms with Crippen molar-refractivity contribution in [1.82, 2.24) is 20.1 Å². The quantitative estimate of drug-likeness (QED) is 0.312. The van der Waals surface area contributed by atoms with Crippen LogP contribution in [0.1, 0.15) is 19.7 Å². The van der Waals surface area contributed by atoms with Crippen molar-refractivity contribution in [2.45, 2.75) is 31.7 Å². The molecule has 1 aromatic heterocycles. The summed E-state index contributed by atoms with van der Waals surface area (Å²) < 4.78 is 13.7. The van der Waals surface area contributed by atoms with Crippen LogP contribution in [0, 0.1) is 0 Å². The molecule has 0 saturated carbocycles. The maximum atomic E-state index is 12.2. The normalized spacial score (nSPS) is 10.9. The molecule has 35 heavy (non-hydrogen) atoms. The summed E-state index contributed by atoms with van der Waals surface area (Å²) in [6, 6.07) is 25.7. The van der Waals surface area contributed by atoms with Gasteiger partial charge in [-0.3, -0.25) is 9.36 Å². The number of methoxy groups -OCH3 is 1. The van der Waals surface area contributed by atoms with E-state index in [-0.39, 0.29) is 24.3 Å². The van der Waals surface area contributed by atoms with Crippen LogP contribution in [0.15, 0.2) is 84.0 Å². The number of carbonyl (C=O) groups excluding carboxylic acids is 1. The summed E-state index contributed by atoms with van der Waals surface area (Å²) in [6.45, 7) is 4.05. The number of hydrogen-bond acceptors (Lipinski definition) is 6. The molecule has 180 valence electrons. The van der Waals surface area contributed by atoms with E-state index in [9.17, 15) is 4.79 Å². The number of thioether (sulfide) groups is 1. The van der Waals surface area contributed by atoms with Crippen LogP contribution in [0.2, 0.25) is 0 Å². The number of nitrogens with one attached hydrogen (secondary N) is 1. The molecule has 3 aromatic carbocycles. The van der Waals surface area contributed by atoms with Crippen LogP contribution in [-0.2, 0) is 11.4 Å². The first-order valence-corrected chi connectivity index (χ1v) is 12.3. The van der Waals surface area contributed by atoms with Crippen molar-refractivity contribution < 1.29 is 14.3 Å². The van der Waals surface area contributed by atoms with E-state index in [1.54, 1.807) is 7.11 Å². The van der Waals surface area contributed by atoms with Crippen molar-refractivity contribution in [3.63, 3.8) is 0 Å². The number of benzene rings is 3. The summed E-state index contributed by atoms with van der Waals surface area (Å²) in [5.41, 5.74) is 2.85. The molecule has 0 spiro atoms. The Morgan fingerprint density at radius 1 is 0.943 bits per heavy atom. The molecule has 0 aliphatic heterocycles. The molecule has 4 aromatic rings. The van der Waals surface area contributed by atoms with Gasteiger partial charge in [0.05, 0.1) is 18.6 Å². The largest absolute Gasteiger partial charge is 0.495 e. The summed E-state index contributed by atoms with van der Waals surface area (Å²) in [5.74, 6) is 2.19. The number of para-hydroxylation sites is 3. The van der Waals surface area contributed by atoms with Crippen LogP contribution in [0.3, 0.4) is 0 Å². The molecule has 1 heterocycles. The summed E-state index contributed by atoms with van der Waals surface area (Å²) in [7, 11) is 1.62. The Labute approximate surface area is 209 Å². The second-order valence-electron chi connectivity index (χ2n) is 8.07. The van der Waals surface area contributed by atoms with Crippen LogP contribution in [0.5, 0.6) is 11.5 Å². The van der Waals surface area contributed by atoms with Crippen molar-refractivity contribution in [3.05, 3.63) is 84.7 Å². The number of rotatable bonds is 10. The highest BCUT2D eigenvalue weighted by atomic mass is 32.2. The molecule has 1 N–H and O–H groups in total. The number of hydrogen-bond donors (Lipinski definition) is 1. The lowest BCUT2D eigenvalue weighted by atomic mass is 10.1. The Morgan fingerprint density at radius 2 is 1.63 bits per heavy atom. The number of aromatic nitrogens is 3. The standard InChI is InChI=1S/C27H28N4O3S/c1-19(2)28-26(32)18-35-27-30-29-25(31(27)22-14-8-10-16-24(22)33-3)17-34-23-15-9-7-13-21(23)20-11-5-4-6-12-20/h4-16,19H,17-18H2,1-3H3,(H,28,32). The zero-order valence-electron chi connectivity index (χ0n) is 20.0. The van der Waals surface area contributed by atoms with E-state index in [4.69, 9.17) is 9.47 Å². The van der Waals surface area contributed by atoms with Gasteiger partial charge in [0.25, 0.3) is 0 Å². The lowest BCUT2D eigenvalue weighted by Gasteiger charge is -2.15. The van der Waals surface area contributed by atoms with Gasteiger partial charge in [-0.05, 0) is 37.6 Å². The molecule has 0 radical (unpaired) electrons. The number of ether oxygens (including phenoxy) is 2. The van der Waals surface area contributed by atoms with Gasteiger partial charge in [0.15, 0.2) is 11.0 Å². The summed E-state index contributed by atoms with van der Waals surface area (Å²) >= 11 is 1.32. The molecule has 7 nitrogen and oxygen atoms in total. The van der Waals surface area contributed by atoms with Crippen LogP contribution in [0.4, 0.5) is 0 Å². The average molecular weight is 489 g/mol. The summed E-state index contributed by atoms with van der Waals surface area (Å²) in [6.07, 6.45) is 0. The maximum absolute atomic E-state index is 12.2. The van der Waals surface area contributed by atoms with Gasteiger partial charge in [-0.1, -0.05) is 72.4 Å². The molecule has 8 heteroatoms. The smallest absolute Gasteiger partial charge is 0.230 e. The van der Waals surface area contributed by atoms with Crippen molar-refractivity contribution in [1.29, 1.82) is 0 Å². The third-order valence-electron chi connectivity index (χ3n) is 5.14. The zero-order valence-corrected chi connectivity index (χ0v) is 20.8. The minimum Gasteiger partial charge on any atom is -0.495 e. The summed E-state index contributed by atoms with van der Waals surface area (Å²) in [4.78, 5) is 12.2. The third kappa shape index (κ3) is 6.02. The molecule has 0 unspecified atom stereocenters. The van der Waals surface area contributed by atoms with E-state index in [1.165, 1.54) is 11.8 Å². The van der Waals surface area contributed by atoms with Crippen LogP contribution in [-0.4, -0.2) is 39.6 Å². The van der Waals surface area contributed by atoms with Gasteiger partial charge in [-0.2, -0.15) is 0 Å². The lowest BCUT2D eigenvalue weighted by molar-refractivity contribution is -0.119. The molecule has 0 atom stereocenters. The van der Waals surface area contributed by atoms with Gasteiger partial charge >= 0.3 is 0 Å². The minimum absolute atomic E-state index is 0.0610. The van der Waals surface area contributed by atoms with Crippen molar-refractivity contribution in [2.24, 2.45) is 0 Å².